The van der Waals surface area contributed by atoms with Gasteiger partial charge in [0.15, 0.2) is 5.82 Å². The van der Waals surface area contributed by atoms with Crippen molar-refractivity contribution in [1.82, 2.24) is 20.2 Å². The van der Waals surface area contributed by atoms with E-state index in [-0.39, 0.29) is 29.9 Å². The Morgan fingerprint density at radius 1 is 1.30 bits per heavy atom. The number of rotatable bonds is 2. The zero-order valence-electron chi connectivity index (χ0n) is 13.5. The number of H-pyrrole nitrogens is 1. The van der Waals surface area contributed by atoms with Crippen molar-refractivity contribution in [2.45, 2.75) is 38.3 Å². The second-order valence-electron chi connectivity index (χ2n) is 7.03. The number of hydrogen-bond donors (Lipinski definition) is 2. The van der Waals surface area contributed by atoms with Crippen LogP contribution in [-0.4, -0.2) is 45.4 Å². The highest BCUT2D eigenvalue weighted by molar-refractivity contribution is 5.94. The number of imidazole rings is 1. The van der Waals surface area contributed by atoms with Gasteiger partial charge >= 0.3 is 0 Å². The number of benzene rings is 1. The number of piperidine rings is 3. The van der Waals surface area contributed by atoms with Crippen LogP contribution < -0.4 is 5.32 Å². The molecular formula is C17H23ClN4O. The highest BCUT2D eigenvalue weighted by Crippen LogP contribution is 2.39. The molecule has 0 unspecified atom stereocenters. The van der Waals surface area contributed by atoms with Crippen molar-refractivity contribution in [3.8, 4) is 0 Å². The minimum Gasteiger partial charge on any atom is -0.345 e. The van der Waals surface area contributed by atoms with Crippen LogP contribution >= 0.6 is 12.4 Å². The molecule has 6 heteroatoms. The first-order valence-corrected chi connectivity index (χ1v) is 8.06. The monoisotopic (exact) mass is 334 g/mol. The number of nitrogens with one attached hydrogen (secondary N) is 2. The van der Waals surface area contributed by atoms with Gasteiger partial charge in [-0.25, -0.2) is 4.98 Å². The summed E-state index contributed by atoms with van der Waals surface area (Å²) in [6.07, 6.45) is 2.35. The highest BCUT2D eigenvalue weighted by Gasteiger charge is 2.48. The van der Waals surface area contributed by atoms with Crippen LogP contribution in [0.2, 0.25) is 0 Å². The van der Waals surface area contributed by atoms with Crippen molar-refractivity contribution >= 4 is 29.3 Å². The molecule has 1 aromatic heterocycles. The van der Waals surface area contributed by atoms with Crippen LogP contribution in [0.5, 0.6) is 0 Å². The van der Waals surface area contributed by atoms with Crippen LogP contribution in [0.3, 0.4) is 0 Å². The first-order valence-electron chi connectivity index (χ1n) is 8.06. The van der Waals surface area contributed by atoms with Gasteiger partial charge in [-0.15, -0.1) is 12.4 Å². The number of para-hydroxylation sites is 2. The van der Waals surface area contributed by atoms with Gasteiger partial charge in [0, 0.05) is 11.6 Å². The Hall–Kier alpha value is -1.59. The van der Waals surface area contributed by atoms with Crippen molar-refractivity contribution in [3.05, 3.63) is 30.1 Å². The molecule has 3 saturated heterocycles. The topological polar surface area (TPSA) is 61.0 Å². The summed E-state index contributed by atoms with van der Waals surface area (Å²) < 4.78 is 0. The minimum absolute atomic E-state index is 0. The van der Waals surface area contributed by atoms with Gasteiger partial charge in [-0.05, 0) is 57.8 Å². The van der Waals surface area contributed by atoms with Gasteiger partial charge in [-0.2, -0.15) is 0 Å². The van der Waals surface area contributed by atoms with Crippen LogP contribution in [0.1, 0.15) is 37.3 Å². The van der Waals surface area contributed by atoms with Crippen molar-refractivity contribution < 1.29 is 4.79 Å². The molecule has 3 aliphatic heterocycles. The smallest absolute Gasteiger partial charge is 0.287 e. The number of nitrogens with zero attached hydrogens (tertiary/aromatic N) is 2. The Morgan fingerprint density at radius 2 is 2.00 bits per heavy atom. The first kappa shape index (κ1) is 16.3. The van der Waals surface area contributed by atoms with Gasteiger partial charge in [-0.1, -0.05) is 12.1 Å². The van der Waals surface area contributed by atoms with E-state index in [2.05, 4.69) is 34.0 Å². The van der Waals surface area contributed by atoms with Crippen LogP contribution in [0.4, 0.5) is 0 Å². The number of amides is 1. The van der Waals surface area contributed by atoms with Gasteiger partial charge < -0.3 is 10.3 Å². The summed E-state index contributed by atoms with van der Waals surface area (Å²) in [6, 6.07) is 7.92. The van der Waals surface area contributed by atoms with Crippen molar-refractivity contribution in [2.75, 3.05) is 13.1 Å². The molecule has 5 rings (SSSR count). The molecule has 0 saturated carbocycles. The van der Waals surface area contributed by atoms with E-state index in [1.807, 2.05) is 24.3 Å². The predicted octanol–water partition coefficient (Wildman–Crippen LogP) is 2.59. The summed E-state index contributed by atoms with van der Waals surface area (Å²) in [5, 5.41) is 3.24. The second-order valence-corrected chi connectivity index (χ2v) is 7.03. The van der Waals surface area contributed by atoms with E-state index in [0.29, 0.717) is 11.7 Å². The fourth-order valence-electron chi connectivity index (χ4n) is 4.15. The molecule has 2 bridgehead atoms. The van der Waals surface area contributed by atoms with E-state index in [9.17, 15) is 4.79 Å². The lowest BCUT2D eigenvalue weighted by molar-refractivity contribution is -0.0379. The van der Waals surface area contributed by atoms with E-state index in [4.69, 9.17) is 0 Å². The van der Waals surface area contributed by atoms with Gasteiger partial charge in [-0.3, -0.25) is 9.69 Å². The van der Waals surface area contributed by atoms with Gasteiger partial charge in [0.1, 0.15) is 0 Å². The van der Waals surface area contributed by atoms with Gasteiger partial charge in [0.05, 0.1) is 11.0 Å². The van der Waals surface area contributed by atoms with Crippen LogP contribution in [-0.2, 0) is 0 Å². The van der Waals surface area contributed by atoms with E-state index in [1.54, 1.807) is 0 Å². The third-order valence-corrected chi connectivity index (χ3v) is 5.48. The lowest BCUT2D eigenvalue weighted by Crippen LogP contribution is -2.69. The molecule has 3 aliphatic rings. The van der Waals surface area contributed by atoms with E-state index in [1.165, 1.54) is 12.8 Å². The van der Waals surface area contributed by atoms with Crippen molar-refractivity contribution in [3.63, 3.8) is 0 Å². The Bertz CT molecular complexity index is 685. The largest absolute Gasteiger partial charge is 0.345 e. The molecule has 4 heterocycles. The molecule has 5 nitrogen and oxygen atoms in total. The Balaban J connectivity index is 0.00000156. The maximum absolute atomic E-state index is 12.6. The number of aromatic nitrogens is 2. The Labute approximate surface area is 142 Å². The summed E-state index contributed by atoms with van der Waals surface area (Å²) in [4.78, 5) is 22.6. The predicted molar refractivity (Wildman–Crippen MR) is 93.0 cm³/mol. The number of halogens is 1. The third kappa shape index (κ3) is 2.62. The standard InChI is InChI=1S/C17H22N4O.ClH/c1-17(2)14(11-7-9-21(17)10-8-11)20-16(22)15-18-12-5-3-4-6-13(12)19-15;/h3-6,11,14H,7-10H2,1-2H3,(H,18,19)(H,20,22);1H/t14-;/m1./s1. The molecular weight excluding hydrogens is 312 g/mol. The van der Waals surface area contributed by atoms with Crippen molar-refractivity contribution in [2.24, 2.45) is 5.92 Å². The summed E-state index contributed by atoms with van der Waals surface area (Å²) in [5.74, 6) is 0.893. The zero-order valence-corrected chi connectivity index (χ0v) is 14.3. The van der Waals surface area contributed by atoms with Gasteiger partial charge in [0.25, 0.3) is 5.91 Å². The molecule has 0 aliphatic carbocycles. The van der Waals surface area contributed by atoms with Gasteiger partial charge in [0.2, 0.25) is 0 Å². The van der Waals surface area contributed by atoms with E-state index >= 15 is 0 Å². The normalized spacial score (nSPS) is 28.3. The minimum atomic E-state index is -0.0944. The molecule has 0 spiro atoms. The summed E-state index contributed by atoms with van der Waals surface area (Å²) in [6.45, 7) is 6.77. The molecule has 1 aromatic carbocycles. The fraction of sp³-hybridized carbons (Fsp3) is 0.529. The molecule has 23 heavy (non-hydrogen) atoms. The summed E-state index contributed by atoms with van der Waals surface area (Å²) >= 11 is 0. The average Bonchev–Trinajstić information content (AvgIpc) is 2.95. The number of aromatic amines is 1. The molecule has 1 amide bonds. The van der Waals surface area contributed by atoms with Crippen LogP contribution in [0.15, 0.2) is 24.3 Å². The zero-order chi connectivity index (χ0) is 15.3. The number of fused-ring (bicyclic) bond motifs is 4. The van der Waals surface area contributed by atoms with Crippen LogP contribution in [0, 0.1) is 5.92 Å². The van der Waals surface area contributed by atoms with Crippen LogP contribution in [0.25, 0.3) is 11.0 Å². The lowest BCUT2D eigenvalue weighted by atomic mass is 9.72. The maximum atomic E-state index is 12.6. The summed E-state index contributed by atoms with van der Waals surface area (Å²) in [7, 11) is 0. The molecule has 2 N–H and O–H groups in total. The second kappa shape index (κ2) is 5.80. The fourth-order valence-corrected chi connectivity index (χ4v) is 4.15. The molecule has 2 aromatic rings. The molecule has 3 fully saturated rings. The summed E-state index contributed by atoms with van der Waals surface area (Å²) in [5.41, 5.74) is 1.75. The van der Waals surface area contributed by atoms with E-state index < -0.39 is 0 Å². The SMILES string of the molecule is CC1(C)[C@H](NC(=O)c2nc3ccccc3[nH]2)C2CCN1CC2.Cl. The average molecular weight is 335 g/mol. The molecule has 124 valence electrons. The third-order valence-electron chi connectivity index (χ3n) is 5.48. The van der Waals surface area contributed by atoms with E-state index in [0.717, 1.165) is 24.1 Å². The maximum Gasteiger partial charge on any atom is 0.287 e. The molecule has 1 atom stereocenters. The molecule has 0 radical (unpaired) electrons. The number of carbonyl (C=O) groups is 1. The Morgan fingerprint density at radius 3 is 2.65 bits per heavy atom. The first-order chi connectivity index (χ1) is 10.6. The number of carbonyl (C=O) groups excluding carboxylic acids is 1. The highest BCUT2D eigenvalue weighted by atomic mass is 35.5. The quantitative estimate of drug-likeness (QED) is 0.887. The number of hydrogen-bond acceptors (Lipinski definition) is 3. The van der Waals surface area contributed by atoms with Crippen molar-refractivity contribution in [1.29, 1.82) is 0 Å². The Kier molecular flexibility index (Phi) is 4.10. The lowest BCUT2D eigenvalue weighted by Gasteiger charge is -2.56.